The lowest BCUT2D eigenvalue weighted by Crippen LogP contribution is -2.44. The molecule has 9 nitrogen and oxygen atoms in total. The molecule has 0 radical (unpaired) electrons. The smallest absolute Gasteiger partial charge is 0.243 e. The van der Waals surface area contributed by atoms with Crippen molar-refractivity contribution in [1.29, 1.82) is 0 Å². The third kappa shape index (κ3) is 6.39. The molecule has 1 atom stereocenters. The second kappa shape index (κ2) is 11.3. The lowest BCUT2D eigenvalue weighted by Gasteiger charge is -2.31. The maximum atomic E-state index is 13.0. The number of benzene rings is 2. The van der Waals surface area contributed by atoms with Crippen LogP contribution in [0.25, 0.3) is 0 Å². The van der Waals surface area contributed by atoms with Crippen LogP contribution >= 0.6 is 23.2 Å². The van der Waals surface area contributed by atoms with Gasteiger partial charge in [-0.2, -0.15) is 4.31 Å². The number of morpholine rings is 1. The number of amides is 1. The number of piperidine rings is 1. The maximum Gasteiger partial charge on any atom is 0.243 e. The van der Waals surface area contributed by atoms with Gasteiger partial charge < -0.3 is 10.1 Å². The number of nitrogens with one attached hydrogen (secondary N) is 1. The molecule has 1 amide bonds. The Hall–Kier alpha value is -1.73. The van der Waals surface area contributed by atoms with Gasteiger partial charge in [0.05, 0.1) is 39.8 Å². The van der Waals surface area contributed by atoms with Gasteiger partial charge in [0.1, 0.15) is 0 Å². The summed E-state index contributed by atoms with van der Waals surface area (Å²) in [4.78, 5) is 13.0. The minimum Gasteiger partial charge on any atom is -0.379 e. The summed E-state index contributed by atoms with van der Waals surface area (Å²) in [7, 11) is -7.30. The highest BCUT2D eigenvalue weighted by Crippen LogP contribution is 2.27. The standard InChI is InChI=1S/C23H27Cl2N3O6S2/c24-21-8-3-17(14-22(21)25)16-35(30,31)28-9-1-2-18(15-28)23(29)26-19-4-6-20(7-5-19)36(32,33)27-10-12-34-13-11-27/h3-8,14,18H,1-2,9-13,15-16H2,(H,26,29)/t18-/m0/s1. The summed E-state index contributed by atoms with van der Waals surface area (Å²) in [6, 6.07) is 10.7. The number of sulfonamides is 2. The number of hydrogen-bond donors (Lipinski definition) is 1. The van der Waals surface area contributed by atoms with Crippen LogP contribution in [-0.2, 0) is 35.3 Å². The Morgan fingerprint density at radius 1 is 0.944 bits per heavy atom. The van der Waals surface area contributed by atoms with Gasteiger partial charge in [-0.15, -0.1) is 0 Å². The van der Waals surface area contributed by atoms with Gasteiger partial charge in [0.15, 0.2) is 0 Å². The summed E-state index contributed by atoms with van der Waals surface area (Å²) in [6.07, 6.45) is 1.10. The number of rotatable bonds is 7. The molecule has 2 fully saturated rings. The van der Waals surface area contributed by atoms with E-state index in [1.165, 1.54) is 38.9 Å². The van der Waals surface area contributed by atoms with E-state index in [1.54, 1.807) is 12.1 Å². The molecule has 0 unspecified atom stereocenters. The Labute approximate surface area is 221 Å². The van der Waals surface area contributed by atoms with Gasteiger partial charge in [-0.1, -0.05) is 29.3 Å². The minimum atomic E-state index is -3.67. The van der Waals surface area contributed by atoms with Crippen LogP contribution in [0.4, 0.5) is 5.69 Å². The van der Waals surface area contributed by atoms with E-state index in [0.717, 1.165) is 0 Å². The number of halogens is 2. The van der Waals surface area contributed by atoms with Gasteiger partial charge in [0, 0.05) is 31.9 Å². The average molecular weight is 577 g/mol. The molecule has 2 aromatic rings. The number of ether oxygens (including phenoxy) is 1. The van der Waals surface area contributed by atoms with Crippen LogP contribution in [0.1, 0.15) is 18.4 Å². The minimum absolute atomic E-state index is 0.0684. The normalized spacial score (nSPS) is 20.2. The SMILES string of the molecule is O=C(Nc1ccc(S(=O)(=O)N2CCOCC2)cc1)[C@H]1CCCN(S(=O)(=O)Cc2ccc(Cl)c(Cl)c2)C1. The Morgan fingerprint density at radius 2 is 1.64 bits per heavy atom. The van der Waals surface area contributed by atoms with E-state index >= 15 is 0 Å². The van der Waals surface area contributed by atoms with Crippen molar-refractivity contribution in [2.75, 3.05) is 44.7 Å². The Balaban J connectivity index is 1.38. The highest BCUT2D eigenvalue weighted by atomic mass is 35.5. The molecule has 2 aliphatic heterocycles. The third-order valence-corrected chi connectivity index (χ3v) is 10.7. The molecular weight excluding hydrogens is 549 g/mol. The van der Waals surface area contributed by atoms with E-state index in [9.17, 15) is 21.6 Å². The van der Waals surface area contributed by atoms with E-state index in [4.69, 9.17) is 27.9 Å². The Kier molecular flexibility index (Phi) is 8.60. The number of anilines is 1. The summed E-state index contributed by atoms with van der Waals surface area (Å²) in [5.74, 6) is -1.08. The second-order valence-corrected chi connectivity index (χ2v) is 13.5. The molecule has 4 rings (SSSR count). The predicted octanol–water partition coefficient (Wildman–Crippen LogP) is 3.19. The van der Waals surface area contributed by atoms with Crippen LogP contribution in [0, 0.1) is 5.92 Å². The third-order valence-electron chi connectivity index (χ3n) is 6.21. The van der Waals surface area contributed by atoms with Gasteiger partial charge in [0.2, 0.25) is 26.0 Å². The number of carbonyl (C=O) groups is 1. The summed E-state index contributed by atoms with van der Waals surface area (Å²) in [5, 5.41) is 3.41. The van der Waals surface area contributed by atoms with Crippen LogP contribution < -0.4 is 5.32 Å². The first-order valence-corrected chi connectivity index (χ1v) is 15.3. The largest absolute Gasteiger partial charge is 0.379 e. The molecule has 0 saturated carbocycles. The molecule has 13 heteroatoms. The zero-order chi connectivity index (χ0) is 25.9. The zero-order valence-corrected chi connectivity index (χ0v) is 22.5. The van der Waals surface area contributed by atoms with E-state index < -0.39 is 26.0 Å². The van der Waals surface area contributed by atoms with E-state index in [0.29, 0.717) is 62.0 Å². The van der Waals surface area contributed by atoms with E-state index in [2.05, 4.69) is 5.32 Å². The topological polar surface area (TPSA) is 113 Å². The van der Waals surface area contributed by atoms with Crippen LogP contribution in [0.5, 0.6) is 0 Å². The molecule has 0 aromatic heterocycles. The molecule has 2 aliphatic rings. The molecule has 1 N–H and O–H groups in total. The molecule has 36 heavy (non-hydrogen) atoms. The van der Waals surface area contributed by atoms with E-state index in [1.807, 2.05) is 0 Å². The van der Waals surface area contributed by atoms with Crippen molar-refractivity contribution in [3.8, 4) is 0 Å². The van der Waals surface area contributed by atoms with Gasteiger partial charge in [0.25, 0.3) is 0 Å². The molecule has 2 heterocycles. The fourth-order valence-corrected chi connectivity index (χ4v) is 7.56. The van der Waals surface area contributed by atoms with Crippen molar-refractivity contribution < 1.29 is 26.4 Å². The summed E-state index contributed by atoms with van der Waals surface area (Å²) >= 11 is 11.9. The fraction of sp³-hybridized carbons (Fsp3) is 0.435. The zero-order valence-electron chi connectivity index (χ0n) is 19.4. The monoisotopic (exact) mass is 575 g/mol. The summed E-state index contributed by atoms with van der Waals surface area (Å²) in [5.41, 5.74) is 0.958. The van der Waals surface area contributed by atoms with Gasteiger partial charge in [-0.3, -0.25) is 4.79 Å². The first-order chi connectivity index (χ1) is 17.1. The molecule has 196 valence electrons. The summed E-state index contributed by atoms with van der Waals surface area (Å²) < 4.78 is 59.4. The quantitative estimate of drug-likeness (QED) is 0.542. The number of nitrogens with zero attached hydrogens (tertiary/aromatic N) is 2. The van der Waals surface area contributed by atoms with Crippen molar-refractivity contribution in [2.24, 2.45) is 5.92 Å². The molecular formula is C23H27Cl2N3O6S2. The van der Waals surface area contributed by atoms with Crippen LogP contribution in [0.15, 0.2) is 47.4 Å². The lowest BCUT2D eigenvalue weighted by atomic mass is 9.99. The highest BCUT2D eigenvalue weighted by Gasteiger charge is 2.33. The van der Waals surface area contributed by atoms with E-state index in [-0.39, 0.29) is 28.1 Å². The molecule has 0 bridgehead atoms. The number of carbonyl (C=O) groups excluding carboxylic acids is 1. The lowest BCUT2D eigenvalue weighted by molar-refractivity contribution is -0.120. The fourth-order valence-electron chi connectivity index (χ4n) is 4.23. The summed E-state index contributed by atoms with van der Waals surface area (Å²) in [6.45, 7) is 1.71. The molecule has 2 aromatic carbocycles. The first kappa shape index (κ1) is 27.3. The van der Waals surface area contributed by atoms with Crippen LogP contribution in [0.3, 0.4) is 0 Å². The Bertz CT molecular complexity index is 1310. The van der Waals surface area contributed by atoms with Gasteiger partial charge in [-0.25, -0.2) is 21.1 Å². The second-order valence-electron chi connectivity index (χ2n) is 8.73. The van der Waals surface area contributed by atoms with Crippen LogP contribution in [0.2, 0.25) is 10.0 Å². The average Bonchev–Trinajstić information content (AvgIpc) is 2.87. The molecule has 2 saturated heterocycles. The predicted molar refractivity (Wildman–Crippen MR) is 138 cm³/mol. The van der Waals surface area contributed by atoms with Crippen molar-refractivity contribution in [3.63, 3.8) is 0 Å². The molecule has 0 spiro atoms. The highest BCUT2D eigenvalue weighted by molar-refractivity contribution is 7.89. The van der Waals surface area contributed by atoms with Crippen molar-refractivity contribution in [1.82, 2.24) is 8.61 Å². The van der Waals surface area contributed by atoms with Crippen LogP contribution in [-0.4, -0.2) is 70.7 Å². The van der Waals surface area contributed by atoms with Gasteiger partial charge in [-0.05, 0) is 54.8 Å². The Morgan fingerprint density at radius 3 is 2.31 bits per heavy atom. The van der Waals surface area contributed by atoms with Crippen molar-refractivity contribution in [3.05, 3.63) is 58.1 Å². The molecule has 0 aliphatic carbocycles. The van der Waals surface area contributed by atoms with Gasteiger partial charge >= 0.3 is 0 Å². The first-order valence-electron chi connectivity index (χ1n) is 11.5. The maximum absolute atomic E-state index is 13.0. The van der Waals surface area contributed by atoms with Crippen molar-refractivity contribution in [2.45, 2.75) is 23.5 Å². The number of hydrogen-bond acceptors (Lipinski definition) is 6. The van der Waals surface area contributed by atoms with Crippen molar-refractivity contribution >= 4 is 54.8 Å².